The Balaban J connectivity index is 1.92. The molecule has 0 bridgehead atoms. The molecule has 1 N–H and O–H groups in total. The molecule has 1 aromatic rings. The van der Waals surface area contributed by atoms with Crippen molar-refractivity contribution in [1.29, 1.82) is 0 Å². The van der Waals surface area contributed by atoms with Gasteiger partial charge in [-0.05, 0) is 63.2 Å². The molecule has 1 fully saturated rings. The minimum Gasteiger partial charge on any atom is -0.496 e. The van der Waals surface area contributed by atoms with Gasteiger partial charge in [-0.1, -0.05) is 15.9 Å². The van der Waals surface area contributed by atoms with Crippen molar-refractivity contribution in [2.24, 2.45) is 0 Å². The zero-order valence-corrected chi connectivity index (χ0v) is 13.4. The van der Waals surface area contributed by atoms with E-state index in [1.165, 1.54) is 18.4 Å². The van der Waals surface area contributed by atoms with E-state index in [1.54, 1.807) is 7.11 Å². The summed E-state index contributed by atoms with van der Waals surface area (Å²) >= 11 is 3.53. The summed E-state index contributed by atoms with van der Waals surface area (Å²) in [7, 11) is 3.98. The average molecular weight is 327 g/mol. The number of methoxy groups -OCH3 is 1. The van der Waals surface area contributed by atoms with E-state index in [1.807, 2.05) is 12.1 Å². The minimum atomic E-state index is 0.722. The maximum atomic E-state index is 5.43. The Kier molecular flexibility index (Phi) is 5.67. The number of hydrogen-bond donors (Lipinski definition) is 1. The van der Waals surface area contributed by atoms with E-state index in [4.69, 9.17) is 4.74 Å². The Morgan fingerprint density at radius 1 is 1.37 bits per heavy atom. The van der Waals surface area contributed by atoms with E-state index >= 15 is 0 Å². The highest BCUT2D eigenvalue weighted by molar-refractivity contribution is 9.10. The third-order valence-electron chi connectivity index (χ3n) is 3.91. The fraction of sp³-hybridized carbons (Fsp3) is 0.600. The van der Waals surface area contributed by atoms with Gasteiger partial charge in [-0.15, -0.1) is 0 Å². The lowest BCUT2D eigenvalue weighted by Gasteiger charge is -2.31. The van der Waals surface area contributed by atoms with Gasteiger partial charge >= 0.3 is 0 Å². The molecule has 1 heterocycles. The molecule has 106 valence electrons. The molecule has 1 saturated heterocycles. The number of nitrogens with zero attached hydrogens (tertiary/aromatic N) is 1. The van der Waals surface area contributed by atoms with E-state index in [0.29, 0.717) is 0 Å². The summed E-state index contributed by atoms with van der Waals surface area (Å²) in [5.41, 5.74) is 1.28. The summed E-state index contributed by atoms with van der Waals surface area (Å²) in [4.78, 5) is 2.49. The summed E-state index contributed by atoms with van der Waals surface area (Å²) < 4.78 is 6.55. The van der Waals surface area contributed by atoms with Crippen molar-refractivity contribution in [3.8, 4) is 5.75 Å². The molecule has 2 rings (SSSR count). The lowest BCUT2D eigenvalue weighted by atomic mass is 10.0. The molecule has 0 spiro atoms. The third-order valence-corrected chi connectivity index (χ3v) is 4.40. The molecule has 3 nitrogen and oxygen atoms in total. The predicted molar refractivity (Wildman–Crippen MR) is 82.9 cm³/mol. The first-order valence-electron chi connectivity index (χ1n) is 6.94. The van der Waals surface area contributed by atoms with Crippen molar-refractivity contribution < 1.29 is 4.74 Å². The predicted octanol–water partition coefficient (Wildman–Crippen LogP) is 2.68. The number of nitrogens with one attached hydrogen (secondary N) is 1. The van der Waals surface area contributed by atoms with Crippen molar-refractivity contribution in [2.45, 2.75) is 25.3 Å². The summed E-state index contributed by atoms with van der Waals surface area (Å²) in [5, 5.41) is 3.42. The van der Waals surface area contributed by atoms with Crippen LogP contribution in [-0.2, 0) is 6.42 Å². The lowest BCUT2D eigenvalue weighted by molar-refractivity contribution is 0.200. The van der Waals surface area contributed by atoms with Gasteiger partial charge in [0.05, 0.1) is 7.11 Å². The fourth-order valence-corrected chi connectivity index (χ4v) is 3.08. The topological polar surface area (TPSA) is 24.5 Å². The smallest absolute Gasteiger partial charge is 0.122 e. The van der Waals surface area contributed by atoms with Crippen molar-refractivity contribution in [1.82, 2.24) is 10.2 Å². The molecule has 0 aromatic heterocycles. The number of hydrogen-bond acceptors (Lipinski definition) is 3. The Hall–Kier alpha value is -0.580. The molecule has 0 atom stereocenters. The Labute approximate surface area is 124 Å². The maximum Gasteiger partial charge on any atom is 0.122 e. The largest absolute Gasteiger partial charge is 0.496 e. The lowest BCUT2D eigenvalue weighted by Crippen LogP contribution is -2.41. The maximum absolute atomic E-state index is 5.43. The van der Waals surface area contributed by atoms with E-state index in [-0.39, 0.29) is 0 Å². The van der Waals surface area contributed by atoms with Crippen LogP contribution in [0.25, 0.3) is 0 Å². The van der Waals surface area contributed by atoms with Crippen molar-refractivity contribution >= 4 is 15.9 Å². The molecule has 0 unspecified atom stereocenters. The van der Waals surface area contributed by atoms with Gasteiger partial charge in [0, 0.05) is 17.1 Å². The highest BCUT2D eigenvalue weighted by atomic mass is 79.9. The molecular formula is C15H23BrN2O. The second kappa shape index (κ2) is 7.27. The average Bonchev–Trinajstić information content (AvgIpc) is 2.46. The van der Waals surface area contributed by atoms with Crippen LogP contribution in [0, 0.1) is 0 Å². The normalized spacial score (nSPS) is 16.8. The van der Waals surface area contributed by atoms with Crippen molar-refractivity contribution in [3.05, 3.63) is 28.2 Å². The Morgan fingerprint density at radius 3 is 2.79 bits per heavy atom. The number of ether oxygens (including phenoxy) is 1. The fourth-order valence-electron chi connectivity index (χ4n) is 2.67. The standard InChI is InChI=1S/C15H23BrN2O/c1-18(14-5-8-17-9-6-14)10-7-12-11-13(16)3-4-15(12)19-2/h3-4,11,14,17H,5-10H2,1-2H3. The van der Waals surface area contributed by atoms with E-state index in [0.717, 1.165) is 42.3 Å². The second-order valence-electron chi connectivity index (χ2n) is 5.17. The summed E-state index contributed by atoms with van der Waals surface area (Å²) in [6.07, 6.45) is 3.54. The van der Waals surface area contributed by atoms with Gasteiger partial charge in [0.2, 0.25) is 0 Å². The van der Waals surface area contributed by atoms with Gasteiger partial charge in [0.15, 0.2) is 0 Å². The van der Waals surface area contributed by atoms with E-state index < -0.39 is 0 Å². The minimum absolute atomic E-state index is 0.722. The van der Waals surface area contributed by atoms with Crippen LogP contribution in [-0.4, -0.2) is 44.7 Å². The van der Waals surface area contributed by atoms with Gasteiger partial charge in [-0.3, -0.25) is 0 Å². The van der Waals surface area contributed by atoms with Crippen LogP contribution in [0.3, 0.4) is 0 Å². The number of rotatable bonds is 5. The first-order valence-corrected chi connectivity index (χ1v) is 7.73. The van der Waals surface area contributed by atoms with E-state index in [2.05, 4.69) is 39.3 Å². The van der Waals surface area contributed by atoms with E-state index in [9.17, 15) is 0 Å². The number of halogens is 1. The molecule has 0 amide bonds. The molecule has 0 saturated carbocycles. The second-order valence-corrected chi connectivity index (χ2v) is 6.08. The van der Waals surface area contributed by atoms with Crippen LogP contribution in [0.2, 0.25) is 0 Å². The highest BCUT2D eigenvalue weighted by Gasteiger charge is 2.17. The van der Waals surface area contributed by atoms with Crippen LogP contribution in [0.15, 0.2) is 22.7 Å². The zero-order chi connectivity index (χ0) is 13.7. The Bertz CT molecular complexity index is 405. The molecule has 1 aliphatic rings. The molecule has 4 heteroatoms. The number of likely N-dealkylation sites (N-methyl/N-ethyl adjacent to an activating group) is 1. The monoisotopic (exact) mass is 326 g/mol. The molecule has 1 aromatic carbocycles. The van der Waals surface area contributed by atoms with Gasteiger partial charge in [-0.25, -0.2) is 0 Å². The van der Waals surface area contributed by atoms with Gasteiger partial charge < -0.3 is 15.0 Å². The van der Waals surface area contributed by atoms with Gasteiger partial charge in [0.1, 0.15) is 5.75 Å². The summed E-state index contributed by atoms with van der Waals surface area (Å²) in [5.74, 6) is 0.988. The van der Waals surface area contributed by atoms with Gasteiger partial charge in [-0.2, -0.15) is 0 Å². The molecule has 0 radical (unpaired) electrons. The molecule has 1 aliphatic heterocycles. The quantitative estimate of drug-likeness (QED) is 0.900. The van der Waals surface area contributed by atoms with Crippen LogP contribution in [0.4, 0.5) is 0 Å². The summed E-state index contributed by atoms with van der Waals surface area (Å²) in [6, 6.07) is 6.94. The van der Waals surface area contributed by atoms with Crippen LogP contribution < -0.4 is 10.1 Å². The summed E-state index contributed by atoms with van der Waals surface area (Å²) in [6.45, 7) is 3.38. The van der Waals surface area contributed by atoms with Crippen LogP contribution >= 0.6 is 15.9 Å². The molecule has 0 aliphatic carbocycles. The first-order chi connectivity index (χ1) is 9.20. The zero-order valence-electron chi connectivity index (χ0n) is 11.8. The number of benzene rings is 1. The SMILES string of the molecule is COc1ccc(Br)cc1CCN(C)C1CCNCC1. The van der Waals surface area contributed by atoms with Crippen LogP contribution in [0.1, 0.15) is 18.4 Å². The van der Waals surface area contributed by atoms with Gasteiger partial charge in [0.25, 0.3) is 0 Å². The van der Waals surface area contributed by atoms with Crippen molar-refractivity contribution in [3.63, 3.8) is 0 Å². The number of piperidine rings is 1. The van der Waals surface area contributed by atoms with Crippen LogP contribution in [0.5, 0.6) is 5.75 Å². The highest BCUT2D eigenvalue weighted by Crippen LogP contribution is 2.24. The third kappa shape index (κ3) is 4.20. The molecular weight excluding hydrogens is 304 g/mol. The Morgan fingerprint density at radius 2 is 2.11 bits per heavy atom. The van der Waals surface area contributed by atoms with Crippen molar-refractivity contribution in [2.75, 3.05) is 33.8 Å². The molecule has 19 heavy (non-hydrogen) atoms. The first kappa shape index (κ1) is 14.8.